The lowest BCUT2D eigenvalue weighted by Gasteiger charge is -1.68. The summed E-state index contributed by atoms with van der Waals surface area (Å²) < 4.78 is 11.2. The minimum absolute atomic E-state index is 0.231. The molecule has 0 aliphatic carbocycles. The Hall–Kier alpha value is -0.330. The third-order valence-electron chi connectivity index (χ3n) is 0.281. The van der Waals surface area contributed by atoms with Crippen molar-refractivity contribution >= 4 is 0 Å². The maximum atomic E-state index is 11.2. The third kappa shape index (κ3) is 3.67. The molecule has 0 aromatic rings. The number of hydrogen-bond acceptors (Lipinski definition) is 0. The number of halogens is 1. The van der Waals surface area contributed by atoms with Crippen LogP contribution in [0.4, 0.5) is 4.39 Å². The molecule has 29 valence electrons. The lowest BCUT2D eigenvalue weighted by molar-refractivity contribution is 0.640. The van der Waals surface area contributed by atoms with Crippen LogP contribution in [-0.4, -0.2) is 0 Å². The monoisotopic (exact) mass is 73.0 g/mol. The van der Waals surface area contributed by atoms with E-state index in [1.807, 2.05) is 0 Å². The largest absolute Gasteiger partial charge is 0.212 e. The van der Waals surface area contributed by atoms with Gasteiger partial charge in [-0.1, -0.05) is 6.08 Å². The predicted octanol–water partition coefficient (Wildman–Crippen LogP) is 1.69. The van der Waals surface area contributed by atoms with E-state index >= 15 is 0 Å². The lowest BCUT2D eigenvalue weighted by atomic mass is 10.6. The van der Waals surface area contributed by atoms with Gasteiger partial charge in [0.25, 0.3) is 0 Å². The maximum Gasteiger partial charge on any atom is 0.0929 e. The van der Waals surface area contributed by atoms with Crippen LogP contribution in [-0.2, 0) is 0 Å². The van der Waals surface area contributed by atoms with Crippen molar-refractivity contribution in [2.75, 3.05) is 0 Å². The lowest BCUT2D eigenvalue weighted by Crippen LogP contribution is -1.48. The summed E-state index contributed by atoms with van der Waals surface area (Å²) in [7, 11) is 0. The van der Waals surface area contributed by atoms with Crippen LogP contribution in [0.2, 0.25) is 0 Å². The van der Waals surface area contributed by atoms with Gasteiger partial charge >= 0.3 is 0 Å². The Morgan fingerprint density at radius 3 is 2.20 bits per heavy atom. The molecule has 0 atom stereocenters. The molecule has 0 rings (SSSR count). The van der Waals surface area contributed by atoms with Crippen LogP contribution in [0.5, 0.6) is 0 Å². The van der Waals surface area contributed by atoms with E-state index in [0.29, 0.717) is 0 Å². The van der Waals surface area contributed by atoms with Crippen LogP contribution in [0.15, 0.2) is 11.9 Å². The highest BCUT2D eigenvalue weighted by Crippen LogP contribution is 1.87. The first-order valence-electron chi connectivity index (χ1n) is 1.39. The summed E-state index contributed by atoms with van der Waals surface area (Å²) >= 11 is 0. The van der Waals surface area contributed by atoms with Gasteiger partial charge in [-0.25, -0.2) is 4.39 Å². The van der Waals surface area contributed by atoms with Crippen LogP contribution in [0.3, 0.4) is 0 Å². The van der Waals surface area contributed by atoms with Crippen molar-refractivity contribution in [1.29, 1.82) is 0 Å². The molecule has 1 radical (unpaired) electrons. The van der Waals surface area contributed by atoms with Gasteiger partial charge in [-0.05, 0) is 13.8 Å². The van der Waals surface area contributed by atoms with E-state index in [0.717, 1.165) is 0 Å². The first-order chi connectivity index (χ1) is 2.27. The Morgan fingerprint density at radius 1 is 2.00 bits per heavy atom. The molecule has 0 spiro atoms. The van der Waals surface area contributed by atoms with E-state index in [1.165, 1.54) is 13.0 Å². The van der Waals surface area contributed by atoms with Gasteiger partial charge in [-0.15, -0.1) is 0 Å². The van der Waals surface area contributed by atoms with E-state index < -0.39 is 0 Å². The molecule has 0 saturated heterocycles. The summed E-state index contributed by atoms with van der Waals surface area (Å²) in [6, 6.07) is 0. The maximum absolute atomic E-state index is 11.2. The second kappa shape index (κ2) is 1.94. The van der Waals surface area contributed by atoms with Gasteiger partial charge in [-0.3, -0.25) is 0 Å². The first kappa shape index (κ1) is 4.67. The van der Waals surface area contributed by atoms with Gasteiger partial charge in [0.1, 0.15) is 0 Å². The summed E-state index contributed by atoms with van der Waals surface area (Å²) in [6.07, 6.45) is 1.17. The number of hydrogen-bond donors (Lipinski definition) is 0. The Labute approximate surface area is 31.3 Å². The summed E-state index contributed by atoms with van der Waals surface area (Å²) in [5, 5.41) is 0. The normalized spacial score (nSPS) is 12.2. The Morgan fingerprint density at radius 2 is 2.20 bits per heavy atom. The average Bonchev–Trinajstić information content (AvgIpc) is 1.38. The Kier molecular flexibility index (Phi) is 1.81. The van der Waals surface area contributed by atoms with Crippen molar-refractivity contribution in [1.82, 2.24) is 0 Å². The molecule has 1 heteroatoms. The van der Waals surface area contributed by atoms with E-state index in [9.17, 15) is 4.39 Å². The Bertz CT molecular complexity index is 41.6. The average molecular weight is 73.1 g/mol. The first-order valence-corrected chi connectivity index (χ1v) is 1.39. The second-order valence-corrected chi connectivity index (χ2v) is 0.791. The van der Waals surface area contributed by atoms with Crippen molar-refractivity contribution in [2.45, 2.75) is 6.92 Å². The molecule has 0 nitrogen and oxygen atoms in total. The molecule has 0 aromatic carbocycles. The van der Waals surface area contributed by atoms with E-state index in [-0.39, 0.29) is 5.83 Å². The molecule has 0 amide bonds. The summed E-state index contributed by atoms with van der Waals surface area (Å²) in [6.45, 7) is 4.50. The van der Waals surface area contributed by atoms with Crippen LogP contribution >= 0.6 is 0 Å². The molecule has 0 aromatic heterocycles. The van der Waals surface area contributed by atoms with Gasteiger partial charge in [0.2, 0.25) is 0 Å². The molecule has 0 fully saturated rings. The third-order valence-corrected chi connectivity index (χ3v) is 0.281. The Balaban J connectivity index is 3.14. The molecule has 0 aliphatic heterocycles. The highest BCUT2D eigenvalue weighted by molar-refractivity contribution is 4.87. The SMILES string of the molecule is [CH2]/C=C(/C)F. The molecule has 0 saturated carbocycles. The summed E-state index contributed by atoms with van der Waals surface area (Å²) in [5.41, 5.74) is 0. The highest BCUT2D eigenvalue weighted by Gasteiger charge is 1.67. The van der Waals surface area contributed by atoms with Crippen molar-refractivity contribution in [3.63, 3.8) is 0 Å². The van der Waals surface area contributed by atoms with Crippen LogP contribution < -0.4 is 0 Å². The molecular weight excluding hydrogens is 67.0 g/mol. The fraction of sp³-hybridized carbons (Fsp3) is 0.250. The van der Waals surface area contributed by atoms with E-state index in [1.54, 1.807) is 0 Å². The fourth-order valence-corrected chi connectivity index (χ4v) is 0. The molecule has 0 aliphatic rings. The standard InChI is InChI=1S/C4H6F/c1-3-4(2)5/h3H,1H2,2H3/b4-3-. The highest BCUT2D eigenvalue weighted by atomic mass is 19.1. The van der Waals surface area contributed by atoms with Gasteiger partial charge in [-0.2, -0.15) is 0 Å². The molecule has 0 heterocycles. The summed E-state index contributed by atoms with van der Waals surface area (Å²) in [5.74, 6) is -0.231. The molecule has 0 bridgehead atoms. The predicted molar refractivity (Wildman–Crippen MR) is 20.2 cm³/mol. The minimum atomic E-state index is -0.231. The zero-order valence-corrected chi connectivity index (χ0v) is 3.16. The van der Waals surface area contributed by atoms with Crippen molar-refractivity contribution in [3.8, 4) is 0 Å². The van der Waals surface area contributed by atoms with E-state index in [2.05, 4.69) is 6.92 Å². The molecule has 5 heavy (non-hydrogen) atoms. The quantitative estimate of drug-likeness (QED) is 0.409. The zero-order valence-electron chi connectivity index (χ0n) is 3.16. The summed E-state index contributed by atoms with van der Waals surface area (Å²) in [4.78, 5) is 0. The van der Waals surface area contributed by atoms with E-state index in [4.69, 9.17) is 0 Å². The van der Waals surface area contributed by atoms with Crippen LogP contribution in [0.25, 0.3) is 0 Å². The van der Waals surface area contributed by atoms with Crippen LogP contribution in [0.1, 0.15) is 6.92 Å². The molecular formula is C4H6F. The minimum Gasteiger partial charge on any atom is -0.212 e. The van der Waals surface area contributed by atoms with Gasteiger partial charge in [0, 0.05) is 0 Å². The van der Waals surface area contributed by atoms with Crippen molar-refractivity contribution in [3.05, 3.63) is 18.8 Å². The van der Waals surface area contributed by atoms with Crippen LogP contribution in [0, 0.1) is 6.92 Å². The second-order valence-electron chi connectivity index (χ2n) is 0.791. The topological polar surface area (TPSA) is 0 Å². The van der Waals surface area contributed by atoms with Gasteiger partial charge in [0.15, 0.2) is 0 Å². The van der Waals surface area contributed by atoms with Gasteiger partial charge in [0.05, 0.1) is 5.83 Å². The number of rotatable bonds is 0. The fourth-order valence-electron chi connectivity index (χ4n) is 0. The smallest absolute Gasteiger partial charge is 0.0929 e. The number of allylic oxidation sites excluding steroid dienone is 2. The van der Waals surface area contributed by atoms with Gasteiger partial charge < -0.3 is 0 Å². The van der Waals surface area contributed by atoms with Crippen molar-refractivity contribution < 1.29 is 4.39 Å². The molecule has 0 unspecified atom stereocenters. The zero-order chi connectivity index (χ0) is 4.28. The molecule has 0 N–H and O–H groups in total. The van der Waals surface area contributed by atoms with Crippen molar-refractivity contribution in [2.24, 2.45) is 0 Å².